The van der Waals surface area contributed by atoms with Gasteiger partial charge in [0, 0.05) is 51.0 Å². The Hall–Kier alpha value is -2.38. The van der Waals surface area contributed by atoms with E-state index in [1.54, 1.807) is 6.20 Å². The number of nitrogens with zero attached hydrogens (tertiary/aromatic N) is 4. The van der Waals surface area contributed by atoms with Crippen LogP contribution in [0.3, 0.4) is 0 Å². The predicted molar refractivity (Wildman–Crippen MR) is 123 cm³/mol. The number of aryl methyl sites for hydroxylation is 1. The Morgan fingerprint density at radius 3 is 2.56 bits per heavy atom. The zero-order valence-corrected chi connectivity index (χ0v) is 19.9. The summed E-state index contributed by atoms with van der Waals surface area (Å²) in [5.74, 6) is 1.16. The van der Waals surface area contributed by atoms with Crippen molar-refractivity contribution in [2.24, 2.45) is 11.3 Å². The summed E-state index contributed by atoms with van der Waals surface area (Å²) in [6.45, 7) is 9.61. The molecule has 1 aromatic rings. The first-order valence-corrected chi connectivity index (χ1v) is 12.0. The lowest BCUT2D eigenvalue weighted by Gasteiger charge is -2.51. The molecular weight excluding hydrogens is 408 g/mol. The summed E-state index contributed by atoms with van der Waals surface area (Å²) < 4.78 is 1.87. The molecule has 3 rings (SSSR count). The second-order valence-corrected chi connectivity index (χ2v) is 9.43. The molecule has 32 heavy (non-hydrogen) atoms. The SMILES string of the molecule is CC(C)CCCN1CCC[C@@]2(CCCN(C(=O)CCCn3cccn3)[C@@H]2C)C1=O.O=CO. The number of aromatic nitrogens is 2. The third-order valence-electron chi connectivity index (χ3n) is 6.92. The van der Waals surface area contributed by atoms with E-state index in [1.807, 2.05) is 21.8 Å². The predicted octanol–water partition coefficient (Wildman–Crippen LogP) is 3.42. The van der Waals surface area contributed by atoms with E-state index in [4.69, 9.17) is 9.90 Å². The summed E-state index contributed by atoms with van der Waals surface area (Å²) >= 11 is 0. The molecule has 0 bridgehead atoms. The van der Waals surface area contributed by atoms with Crippen LogP contribution in [-0.2, 0) is 20.9 Å². The Bertz CT molecular complexity index is 718. The van der Waals surface area contributed by atoms with Crippen molar-refractivity contribution in [2.75, 3.05) is 19.6 Å². The molecule has 2 atom stereocenters. The van der Waals surface area contributed by atoms with Crippen LogP contribution < -0.4 is 0 Å². The second-order valence-electron chi connectivity index (χ2n) is 9.43. The maximum absolute atomic E-state index is 13.5. The Labute approximate surface area is 191 Å². The zero-order valence-electron chi connectivity index (χ0n) is 19.9. The number of piperidine rings is 2. The molecule has 2 fully saturated rings. The summed E-state index contributed by atoms with van der Waals surface area (Å²) in [7, 11) is 0. The van der Waals surface area contributed by atoms with Gasteiger partial charge in [0.05, 0.1) is 5.41 Å². The molecule has 8 nitrogen and oxygen atoms in total. The van der Waals surface area contributed by atoms with E-state index >= 15 is 0 Å². The lowest BCUT2D eigenvalue weighted by Crippen LogP contribution is -2.61. The molecule has 1 N–H and O–H groups in total. The van der Waals surface area contributed by atoms with Gasteiger partial charge in [0.15, 0.2) is 0 Å². The van der Waals surface area contributed by atoms with Crippen LogP contribution in [0.25, 0.3) is 0 Å². The van der Waals surface area contributed by atoms with Crippen LogP contribution in [0.4, 0.5) is 0 Å². The van der Waals surface area contributed by atoms with Crippen molar-refractivity contribution in [2.45, 2.75) is 84.7 Å². The highest BCUT2D eigenvalue weighted by Crippen LogP contribution is 2.44. The van der Waals surface area contributed by atoms with Gasteiger partial charge in [0.25, 0.3) is 6.47 Å². The van der Waals surface area contributed by atoms with Gasteiger partial charge in [0.1, 0.15) is 0 Å². The third-order valence-corrected chi connectivity index (χ3v) is 6.92. The van der Waals surface area contributed by atoms with E-state index in [1.165, 1.54) is 0 Å². The van der Waals surface area contributed by atoms with Crippen LogP contribution >= 0.6 is 0 Å². The lowest BCUT2D eigenvalue weighted by atomic mass is 9.67. The number of amides is 2. The van der Waals surface area contributed by atoms with E-state index in [9.17, 15) is 9.59 Å². The minimum Gasteiger partial charge on any atom is -0.483 e. The quantitative estimate of drug-likeness (QED) is 0.615. The molecule has 3 heterocycles. The van der Waals surface area contributed by atoms with Crippen molar-refractivity contribution in [3.63, 3.8) is 0 Å². The first-order chi connectivity index (χ1) is 15.4. The first kappa shape index (κ1) is 25.9. The average molecular weight is 449 g/mol. The number of likely N-dealkylation sites (tertiary alicyclic amines) is 2. The van der Waals surface area contributed by atoms with Gasteiger partial charge >= 0.3 is 0 Å². The van der Waals surface area contributed by atoms with Gasteiger partial charge in [-0.2, -0.15) is 5.10 Å². The molecule has 2 saturated heterocycles. The topological polar surface area (TPSA) is 95.7 Å². The Morgan fingerprint density at radius 1 is 1.25 bits per heavy atom. The van der Waals surface area contributed by atoms with Crippen molar-refractivity contribution < 1.29 is 19.5 Å². The van der Waals surface area contributed by atoms with Gasteiger partial charge in [-0.05, 0) is 63.9 Å². The fourth-order valence-electron chi connectivity index (χ4n) is 5.21. The molecule has 2 aliphatic heterocycles. The number of carbonyl (C=O) groups is 3. The van der Waals surface area contributed by atoms with Crippen molar-refractivity contribution in [3.8, 4) is 0 Å². The smallest absolute Gasteiger partial charge is 0.290 e. The highest BCUT2D eigenvalue weighted by molar-refractivity contribution is 5.86. The minimum absolute atomic E-state index is 0.00569. The van der Waals surface area contributed by atoms with E-state index in [-0.39, 0.29) is 23.8 Å². The average Bonchev–Trinajstić information content (AvgIpc) is 3.27. The molecule has 0 radical (unpaired) electrons. The number of carboxylic acid groups (broad SMARTS) is 1. The molecule has 180 valence electrons. The van der Waals surface area contributed by atoms with Gasteiger partial charge in [-0.3, -0.25) is 19.1 Å². The van der Waals surface area contributed by atoms with Crippen molar-refractivity contribution >= 4 is 18.3 Å². The maximum atomic E-state index is 13.5. The first-order valence-electron chi connectivity index (χ1n) is 12.0. The molecule has 2 amide bonds. The summed E-state index contributed by atoms with van der Waals surface area (Å²) in [5.41, 5.74) is -0.369. The van der Waals surface area contributed by atoms with Crippen molar-refractivity contribution in [1.29, 1.82) is 0 Å². The molecule has 0 aliphatic carbocycles. The molecule has 0 unspecified atom stereocenters. The summed E-state index contributed by atoms with van der Waals surface area (Å²) in [5, 5.41) is 11.1. The van der Waals surface area contributed by atoms with Crippen molar-refractivity contribution in [3.05, 3.63) is 18.5 Å². The van der Waals surface area contributed by atoms with Crippen LogP contribution in [0.15, 0.2) is 18.5 Å². The molecular formula is C24H40N4O4. The summed E-state index contributed by atoms with van der Waals surface area (Å²) in [6.07, 6.45) is 11.1. The zero-order chi connectivity index (χ0) is 23.6. The van der Waals surface area contributed by atoms with Gasteiger partial charge in [-0.15, -0.1) is 0 Å². The molecule has 0 aromatic carbocycles. The van der Waals surface area contributed by atoms with Gasteiger partial charge < -0.3 is 14.9 Å². The summed E-state index contributed by atoms with van der Waals surface area (Å²) in [6, 6.07) is 1.90. The maximum Gasteiger partial charge on any atom is 0.290 e. The fraction of sp³-hybridized carbons (Fsp3) is 0.750. The standard InChI is InChI=1S/C23H38N4O2.CH2O2/c1-19(2)9-4-14-25-15-6-11-23(22(25)29)12-7-18-27(20(23)3)21(28)10-5-16-26-17-8-13-24-26;2-1-3/h8,13,17,19-20H,4-7,9-12,14-16,18H2,1-3H3;1H,(H,2,3)/t20-,23+;/m1./s1. The largest absolute Gasteiger partial charge is 0.483 e. The lowest BCUT2D eigenvalue weighted by molar-refractivity contribution is -0.159. The van der Waals surface area contributed by atoms with Crippen molar-refractivity contribution in [1.82, 2.24) is 19.6 Å². The van der Waals surface area contributed by atoms with Crippen LogP contribution in [0, 0.1) is 11.3 Å². The Kier molecular flexibility index (Phi) is 10.2. The molecule has 8 heteroatoms. The normalized spacial score (nSPS) is 23.2. The van der Waals surface area contributed by atoms with Gasteiger partial charge in [-0.25, -0.2) is 0 Å². The van der Waals surface area contributed by atoms with E-state index in [0.29, 0.717) is 18.2 Å². The second kappa shape index (κ2) is 12.6. The fourth-order valence-corrected chi connectivity index (χ4v) is 5.21. The van der Waals surface area contributed by atoms with E-state index in [2.05, 4.69) is 30.8 Å². The highest BCUT2D eigenvalue weighted by Gasteiger charge is 2.51. The van der Waals surface area contributed by atoms with E-state index < -0.39 is 0 Å². The summed E-state index contributed by atoms with van der Waals surface area (Å²) in [4.78, 5) is 38.9. The monoisotopic (exact) mass is 448 g/mol. The van der Waals surface area contributed by atoms with Crippen LogP contribution in [0.1, 0.15) is 72.1 Å². The minimum atomic E-state index is -0.369. The molecule has 1 aromatic heterocycles. The molecule has 0 saturated carbocycles. The molecule has 1 spiro atoms. The van der Waals surface area contributed by atoms with E-state index in [0.717, 1.165) is 71.1 Å². The molecule has 2 aliphatic rings. The van der Waals surface area contributed by atoms with Crippen LogP contribution in [0.2, 0.25) is 0 Å². The third kappa shape index (κ3) is 6.56. The van der Waals surface area contributed by atoms with Gasteiger partial charge in [0.2, 0.25) is 11.8 Å². The number of carbonyl (C=O) groups excluding carboxylic acids is 2. The van der Waals surface area contributed by atoms with Crippen LogP contribution in [0.5, 0.6) is 0 Å². The Morgan fingerprint density at radius 2 is 1.94 bits per heavy atom. The number of rotatable bonds is 8. The highest BCUT2D eigenvalue weighted by atomic mass is 16.3. The number of hydrogen-bond acceptors (Lipinski definition) is 4. The number of hydrogen-bond donors (Lipinski definition) is 1. The van der Waals surface area contributed by atoms with Crippen LogP contribution in [-0.4, -0.2) is 68.6 Å². The van der Waals surface area contributed by atoms with Gasteiger partial charge in [-0.1, -0.05) is 13.8 Å². The Balaban J connectivity index is 0.00000114.